The van der Waals surface area contributed by atoms with E-state index in [1.54, 1.807) is 42.5 Å². The third-order valence-electron chi connectivity index (χ3n) is 3.95. The summed E-state index contributed by atoms with van der Waals surface area (Å²) in [6.45, 7) is 1.22. The summed E-state index contributed by atoms with van der Waals surface area (Å²) in [7, 11) is 1.75. The van der Waals surface area contributed by atoms with Crippen LogP contribution in [-0.4, -0.2) is 30.9 Å². The van der Waals surface area contributed by atoms with Gasteiger partial charge in [0.1, 0.15) is 11.3 Å². The van der Waals surface area contributed by atoms with Crippen molar-refractivity contribution in [2.45, 2.75) is 6.42 Å². The normalized spacial score (nSPS) is 11.1. The molecule has 0 bridgehead atoms. The number of fused-ring (bicyclic) bond motifs is 1. The Bertz CT molecular complexity index is 957. The van der Waals surface area contributed by atoms with Crippen LogP contribution in [0.5, 0.6) is 0 Å². The van der Waals surface area contributed by atoms with Gasteiger partial charge in [-0.05, 0) is 36.8 Å². The lowest BCUT2D eigenvalue weighted by molar-refractivity contribution is -0.124. The molecule has 26 heavy (non-hydrogen) atoms. The molecule has 0 spiro atoms. The van der Waals surface area contributed by atoms with E-state index in [9.17, 15) is 9.59 Å². The first-order valence-corrected chi connectivity index (χ1v) is 8.37. The van der Waals surface area contributed by atoms with Crippen LogP contribution in [0.4, 0.5) is 5.69 Å². The number of nitrogens with one attached hydrogen (secondary N) is 1. The summed E-state index contributed by atoms with van der Waals surface area (Å²) >= 11 is 0. The molecule has 134 valence electrons. The highest BCUT2D eigenvalue weighted by atomic mass is 16.4. The van der Waals surface area contributed by atoms with Crippen LogP contribution < -0.4 is 10.9 Å². The number of rotatable bonds is 7. The number of hydrogen-bond donors (Lipinski definition) is 1. The van der Waals surface area contributed by atoms with Gasteiger partial charge in [-0.15, -0.1) is 0 Å². The Labute approximate surface area is 150 Å². The molecular formula is C20H20N2O4. The molecule has 3 rings (SSSR count). The number of anilines is 1. The number of carbonyl (C=O) groups excluding carboxylic acids is 1. The Morgan fingerprint density at radius 3 is 2.88 bits per heavy atom. The van der Waals surface area contributed by atoms with Gasteiger partial charge in [-0.25, -0.2) is 4.79 Å². The molecular weight excluding hydrogens is 332 g/mol. The maximum Gasteiger partial charge on any atom is 0.338 e. The molecule has 0 saturated carbocycles. The number of furan rings is 1. The number of benzene rings is 1. The van der Waals surface area contributed by atoms with Crippen molar-refractivity contribution in [3.8, 4) is 0 Å². The van der Waals surface area contributed by atoms with Gasteiger partial charge in [-0.3, -0.25) is 4.79 Å². The SMILES string of the molecule is CN(CCCNc1cc(=O)oc2ccccc12)C(=O)/C=C/c1ccco1. The number of hydrogen-bond acceptors (Lipinski definition) is 5. The van der Waals surface area contributed by atoms with E-state index < -0.39 is 0 Å². The number of likely N-dealkylation sites (N-methyl/N-ethyl adjacent to an activating group) is 1. The summed E-state index contributed by atoms with van der Waals surface area (Å²) in [4.78, 5) is 25.3. The maximum atomic E-state index is 12.0. The van der Waals surface area contributed by atoms with Crippen molar-refractivity contribution in [1.29, 1.82) is 0 Å². The topological polar surface area (TPSA) is 75.7 Å². The molecule has 0 fully saturated rings. The molecule has 0 aliphatic rings. The van der Waals surface area contributed by atoms with Gasteiger partial charge in [0.25, 0.3) is 0 Å². The third-order valence-corrected chi connectivity index (χ3v) is 3.95. The number of nitrogens with zero attached hydrogens (tertiary/aromatic N) is 1. The molecule has 0 unspecified atom stereocenters. The van der Waals surface area contributed by atoms with E-state index in [1.165, 1.54) is 12.1 Å². The van der Waals surface area contributed by atoms with Gasteiger partial charge in [-0.1, -0.05) is 12.1 Å². The monoisotopic (exact) mass is 352 g/mol. The third kappa shape index (κ3) is 4.42. The minimum Gasteiger partial charge on any atom is -0.465 e. The van der Waals surface area contributed by atoms with Crippen molar-refractivity contribution >= 4 is 28.6 Å². The van der Waals surface area contributed by atoms with Gasteiger partial charge in [0.05, 0.1) is 12.0 Å². The quantitative estimate of drug-likeness (QED) is 0.401. The second-order valence-corrected chi connectivity index (χ2v) is 5.86. The van der Waals surface area contributed by atoms with E-state index >= 15 is 0 Å². The molecule has 2 heterocycles. The molecule has 0 radical (unpaired) electrons. The standard InChI is InChI=1S/C20H20N2O4/c1-22(19(23)10-9-15-6-4-13-25-15)12-5-11-21-17-14-20(24)26-18-8-3-2-7-16(17)18/h2-4,6-10,13-14,21H,5,11-12H2,1H3/b10-9+. The van der Waals surface area contributed by atoms with Gasteiger partial charge < -0.3 is 19.1 Å². The lowest BCUT2D eigenvalue weighted by Crippen LogP contribution is -2.27. The van der Waals surface area contributed by atoms with Gasteiger partial charge >= 0.3 is 5.63 Å². The van der Waals surface area contributed by atoms with Crippen molar-refractivity contribution in [3.05, 3.63) is 71.0 Å². The van der Waals surface area contributed by atoms with Crippen LogP contribution in [0.2, 0.25) is 0 Å². The van der Waals surface area contributed by atoms with E-state index in [0.29, 0.717) is 24.4 Å². The first-order chi connectivity index (χ1) is 12.6. The molecule has 0 aliphatic carbocycles. The summed E-state index contributed by atoms with van der Waals surface area (Å²) in [5.74, 6) is 0.551. The molecule has 0 saturated heterocycles. The molecule has 1 amide bonds. The predicted octanol–water partition coefficient (Wildman–Crippen LogP) is 3.36. The average molecular weight is 352 g/mol. The molecule has 1 N–H and O–H groups in total. The van der Waals surface area contributed by atoms with Crippen molar-refractivity contribution in [3.63, 3.8) is 0 Å². The summed E-state index contributed by atoms with van der Waals surface area (Å²) in [5.41, 5.74) is 0.906. The van der Waals surface area contributed by atoms with Crippen molar-refractivity contribution in [2.24, 2.45) is 0 Å². The highest BCUT2D eigenvalue weighted by Crippen LogP contribution is 2.20. The molecule has 6 nitrogen and oxygen atoms in total. The van der Waals surface area contributed by atoms with Crippen LogP contribution in [-0.2, 0) is 4.79 Å². The second kappa shape index (κ2) is 8.20. The summed E-state index contributed by atoms with van der Waals surface area (Å²) in [6.07, 6.45) is 5.44. The van der Waals surface area contributed by atoms with Gasteiger partial charge in [0, 0.05) is 37.7 Å². The Kier molecular flexibility index (Phi) is 5.53. The largest absolute Gasteiger partial charge is 0.465 e. The minimum absolute atomic E-state index is 0.0906. The van der Waals surface area contributed by atoms with Crippen LogP contribution in [0, 0.1) is 0 Å². The molecule has 6 heteroatoms. The summed E-state index contributed by atoms with van der Waals surface area (Å²) in [6, 6.07) is 12.4. The van der Waals surface area contributed by atoms with Crippen molar-refractivity contribution in [1.82, 2.24) is 4.90 Å². The number of amides is 1. The zero-order valence-corrected chi connectivity index (χ0v) is 14.5. The van der Waals surface area contributed by atoms with E-state index in [2.05, 4.69) is 5.32 Å². The predicted molar refractivity (Wildman–Crippen MR) is 101 cm³/mol. The van der Waals surface area contributed by atoms with Gasteiger partial charge in [0.15, 0.2) is 0 Å². The zero-order valence-electron chi connectivity index (χ0n) is 14.5. The zero-order chi connectivity index (χ0) is 18.4. The van der Waals surface area contributed by atoms with Crippen LogP contribution in [0.3, 0.4) is 0 Å². The lowest BCUT2D eigenvalue weighted by Gasteiger charge is -2.15. The first-order valence-electron chi connectivity index (χ1n) is 8.37. The molecule has 1 aromatic carbocycles. The van der Waals surface area contributed by atoms with E-state index in [0.717, 1.165) is 17.5 Å². The molecule has 2 aromatic heterocycles. The fourth-order valence-electron chi connectivity index (χ4n) is 2.57. The van der Waals surface area contributed by atoms with Crippen LogP contribution in [0.25, 0.3) is 17.0 Å². The smallest absolute Gasteiger partial charge is 0.338 e. The fourth-order valence-corrected chi connectivity index (χ4v) is 2.57. The maximum absolute atomic E-state index is 12.0. The van der Waals surface area contributed by atoms with Crippen LogP contribution in [0.15, 0.2) is 68.4 Å². The van der Waals surface area contributed by atoms with Crippen LogP contribution >= 0.6 is 0 Å². The molecule has 0 atom stereocenters. The second-order valence-electron chi connectivity index (χ2n) is 5.86. The van der Waals surface area contributed by atoms with Gasteiger partial charge in [-0.2, -0.15) is 0 Å². The fraction of sp³-hybridized carbons (Fsp3) is 0.200. The van der Waals surface area contributed by atoms with Crippen molar-refractivity contribution < 1.29 is 13.6 Å². The lowest BCUT2D eigenvalue weighted by atomic mass is 10.2. The minimum atomic E-state index is -0.387. The highest BCUT2D eigenvalue weighted by molar-refractivity contribution is 5.91. The number of carbonyl (C=O) groups is 1. The highest BCUT2D eigenvalue weighted by Gasteiger charge is 2.06. The van der Waals surface area contributed by atoms with Crippen LogP contribution in [0.1, 0.15) is 12.2 Å². The Morgan fingerprint density at radius 2 is 2.08 bits per heavy atom. The molecule has 0 aliphatic heterocycles. The van der Waals surface area contributed by atoms with Gasteiger partial charge in [0.2, 0.25) is 5.91 Å². The molecule has 3 aromatic rings. The first kappa shape index (κ1) is 17.5. The van der Waals surface area contributed by atoms with E-state index in [-0.39, 0.29) is 11.5 Å². The summed E-state index contributed by atoms with van der Waals surface area (Å²) < 4.78 is 10.3. The Morgan fingerprint density at radius 1 is 1.23 bits per heavy atom. The van der Waals surface area contributed by atoms with E-state index in [4.69, 9.17) is 8.83 Å². The average Bonchev–Trinajstić information content (AvgIpc) is 3.16. The Hall–Kier alpha value is -3.28. The number of para-hydroxylation sites is 1. The van der Waals surface area contributed by atoms with Crippen molar-refractivity contribution in [2.75, 3.05) is 25.5 Å². The Balaban J connectivity index is 1.51. The summed E-state index contributed by atoms with van der Waals surface area (Å²) in [5, 5.41) is 4.11. The van der Waals surface area contributed by atoms with E-state index in [1.807, 2.05) is 18.2 Å².